The number of hydrogen-bond acceptors (Lipinski definition) is 8. The van der Waals surface area contributed by atoms with Crippen LogP contribution in [0.3, 0.4) is 0 Å². The summed E-state index contributed by atoms with van der Waals surface area (Å²) >= 11 is 0. The molecule has 5 spiro atoms. The summed E-state index contributed by atoms with van der Waals surface area (Å²) in [5.41, 5.74) is 12.9. The van der Waals surface area contributed by atoms with E-state index in [2.05, 4.69) is 47.1 Å². The molecule has 8 heteroatoms. The summed E-state index contributed by atoms with van der Waals surface area (Å²) < 4.78 is 14.8. The first-order valence-electron chi connectivity index (χ1n) is 31.0. The highest BCUT2D eigenvalue weighted by Gasteiger charge is 2.94. The molecule has 1 aromatic rings. The van der Waals surface area contributed by atoms with Crippen molar-refractivity contribution in [3.63, 3.8) is 0 Å². The topological polar surface area (TPSA) is 105 Å². The molecule has 5 saturated carbocycles. The quantitative estimate of drug-likeness (QED) is 0.222. The van der Waals surface area contributed by atoms with Gasteiger partial charge in [0.15, 0.2) is 11.4 Å². The van der Waals surface area contributed by atoms with Crippen LogP contribution in [0.4, 0.5) is 0 Å². The molecule has 9 heterocycles. The average Bonchev–Trinajstić information content (AvgIpc) is 4.28. The van der Waals surface area contributed by atoms with Crippen molar-refractivity contribution in [3.05, 3.63) is 81.0 Å². The molecule has 9 aliphatic carbocycles. The van der Waals surface area contributed by atoms with E-state index in [1.807, 2.05) is 0 Å². The molecule has 12 bridgehead atoms. The van der Waals surface area contributed by atoms with Gasteiger partial charge < -0.3 is 25.2 Å². The van der Waals surface area contributed by atoms with E-state index in [1.165, 1.54) is 134 Å². The number of piperidine rings is 2. The van der Waals surface area contributed by atoms with Crippen LogP contribution in [0.1, 0.15) is 195 Å². The highest BCUT2D eigenvalue weighted by atomic mass is 16.6. The average molecular weight is 988 g/mol. The van der Waals surface area contributed by atoms with Crippen LogP contribution in [0.25, 0.3) is 0 Å². The standard InChI is InChI=1S/C65H85N3O5/c1-38-29-44-19-20-50-46-30-39-35-67(37-46)51(45-14-8-24-62(34-45)26-10-25-61(62)22-5-6-23-61)33-52(69)58-63-27-21-47-55(57(44)68(50)36-39)48(38)31-43-18-17-42(40-11-3-2-4-12-40)32-53(64(63,56(43)47)60(71)72-58)65(63)49-16-7-13-41(15-9-28-66)54(49)59(70)73-65/h7,13,16-18,38-40,42-43,45-46,48,50-51,53,55,69H,2-6,8-12,14-15,19-37,66H2,1H3. The van der Waals surface area contributed by atoms with Crippen molar-refractivity contribution in [2.75, 3.05) is 26.2 Å². The predicted octanol–water partition coefficient (Wildman–Crippen LogP) is 12.8. The number of carbonyl (C=O) groups excluding carboxylic acids is 2. The SMILES string of the molecule is CC1CC2=C3C4C5=C6C(C=CC(C7CCCCC7)CC7C68C(=O)OC(=C(O)CC(C6CCCC9(CCCC9%10CCCC%10)C6)N6CC9CC(C6)C(CC2)N3C9)C8(CC5)C72OC(=O)c3c(CCCN)cccc32)CC14. The normalized spacial score (nSPS) is 46.6. The second kappa shape index (κ2) is 16.1. The molecule has 8 fully saturated rings. The third-order valence-electron chi connectivity index (χ3n) is 26.0. The lowest BCUT2D eigenvalue weighted by atomic mass is 9.27. The third kappa shape index (κ3) is 5.68. The molecular formula is C65H85N3O5. The smallest absolute Gasteiger partial charge is 0.339 e. The zero-order chi connectivity index (χ0) is 48.8. The highest BCUT2D eigenvalue weighted by Crippen LogP contribution is 2.88. The number of allylic oxidation sites excluding steroid dienone is 4. The largest absolute Gasteiger partial charge is 0.509 e. The number of benzene rings is 1. The summed E-state index contributed by atoms with van der Waals surface area (Å²) in [6.45, 7) is 6.48. The van der Waals surface area contributed by atoms with Gasteiger partial charge in [-0.05, 0) is 198 Å². The first kappa shape index (κ1) is 45.8. The van der Waals surface area contributed by atoms with Crippen molar-refractivity contribution >= 4 is 11.9 Å². The fraction of sp³-hybridized carbons (Fsp3) is 0.754. The van der Waals surface area contributed by atoms with Gasteiger partial charge in [-0.2, -0.15) is 0 Å². The number of aliphatic hydroxyl groups is 1. The Kier molecular flexibility index (Phi) is 10.1. The zero-order valence-electron chi connectivity index (χ0n) is 44.3. The van der Waals surface area contributed by atoms with Gasteiger partial charge in [-0.3, -0.25) is 9.69 Å². The number of nitrogens with zero attached hydrogens (tertiary/aromatic N) is 2. The molecule has 8 nitrogen and oxygen atoms in total. The van der Waals surface area contributed by atoms with Gasteiger partial charge in [0, 0.05) is 61.2 Å². The van der Waals surface area contributed by atoms with Gasteiger partial charge in [0.05, 0.1) is 11.0 Å². The number of nitrogens with two attached hydrogens (primary N) is 1. The number of esters is 2. The number of hydrogen-bond donors (Lipinski definition) is 2. The van der Waals surface area contributed by atoms with Crippen LogP contribution in [0.5, 0.6) is 0 Å². The summed E-state index contributed by atoms with van der Waals surface area (Å²) in [5.74, 6) is 4.13. The Balaban J connectivity index is 0.950. The van der Waals surface area contributed by atoms with Crippen molar-refractivity contribution in [2.45, 2.75) is 198 Å². The second-order valence-electron chi connectivity index (χ2n) is 28.4. The Bertz CT molecular complexity index is 2660. The molecule has 0 amide bonds. The van der Waals surface area contributed by atoms with Gasteiger partial charge in [0.25, 0.3) is 0 Å². The summed E-state index contributed by atoms with van der Waals surface area (Å²) in [5, 5.41) is 13.9. The van der Waals surface area contributed by atoms with Crippen LogP contribution in [-0.4, -0.2) is 65.1 Å². The Labute approximate surface area is 435 Å². The van der Waals surface area contributed by atoms with Crippen molar-refractivity contribution < 1.29 is 24.2 Å². The van der Waals surface area contributed by atoms with E-state index in [1.54, 1.807) is 16.8 Å². The van der Waals surface area contributed by atoms with Gasteiger partial charge >= 0.3 is 11.9 Å². The molecule has 16 unspecified atom stereocenters. The number of rotatable bonds is 5. The molecule has 390 valence electrons. The minimum Gasteiger partial charge on any atom is -0.509 e. The lowest BCUT2D eigenvalue weighted by Crippen LogP contribution is -2.78. The van der Waals surface area contributed by atoms with E-state index in [0.717, 1.165) is 56.4 Å². The van der Waals surface area contributed by atoms with Crippen LogP contribution in [0, 0.1) is 80.8 Å². The first-order chi connectivity index (χ1) is 35.6. The molecule has 73 heavy (non-hydrogen) atoms. The third-order valence-corrected chi connectivity index (χ3v) is 26.0. The molecule has 3 N–H and O–H groups in total. The maximum atomic E-state index is 16.6. The number of aliphatic hydroxyl groups excluding tert-OH is 1. The van der Waals surface area contributed by atoms with Crippen LogP contribution in [0.15, 0.2) is 64.3 Å². The predicted molar refractivity (Wildman–Crippen MR) is 281 cm³/mol. The minimum absolute atomic E-state index is 0.108. The highest BCUT2D eigenvalue weighted by molar-refractivity contribution is 6.00. The Hall–Kier alpha value is -3.36. The van der Waals surface area contributed by atoms with Gasteiger partial charge in [-0.25, -0.2) is 4.79 Å². The Morgan fingerprint density at radius 1 is 0.795 bits per heavy atom. The minimum atomic E-state index is -1.13. The summed E-state index contributed by atoms with van der Waals surface area (Å²) in [4.78, 5) is 37.9. The van der Waals surface area contributed by atoms with E-state index in [4.69, 9.17) is 15.2 Å². The van der Waals surface area contributed by atoms with Crippen molar-refractivity contribution in [2.24, 2.45) is 86.6 Å². The molecule has 16 atom stereocenters. The van der Waals surface area contributed by atoms with Crippen LogP contribution < -0.4 is 5.73 Å². The molecule has 0 radical (unpaired) electrons. The van der Waals surface area contributed by atoms with Crippen LogP contribution in [0.2, 0.25) is 0 Å². The van der Waals surface area contributed by atoms with Crippen molar-refractivity contribution in [1.82, 2.24) is 9.80 Å². The second-order valence-corrected chi connectivity index (χ2v) is 28.4. The lowest BCUT2D eigenvalue weighted by Gasteiger charge is -2.73. The van der Waals surface area contributed by atoms with E-state index in [-0.39, 0.29) is 35.7 Å². The van der Waals surface area contributed by atoms with E-state index >= 15 is 9.59 Å². The monoisotopic (exact) mass is 988 g/mol. The van der Waals surface area contributed by atoms with Gasteiger partial charge in [-0.15, -0.1) is 0 Å². The number of ether oxygens (including phenoxy) is 2. The van der Waals surface area contributed by atoms with Crippen LogP contribution >= 0.6 is 0 Å². The van der Waals surface area contributed by atoms with E-state index in [9.17, 15) is 5.11 Å². The maximum absolute atomic E-state index is 16.6. The van der Waals surface area contributed by atoms with Gasteiger partial charge in [0.1, 0.15) is 11.2 Å². The van der Waals surface area contributed by atoms with E-state index in [0.29, 0.717) is 101 Å². The Morgan fingerprint density at radius 2 is 1.62 bits per heavy atom. The Morgan fingerprint density at radius 3 is 2.48 bits per heavy atom. The molecule has 18 aliphatic rings. The fourth-order valence-corrected chi connectivity index (χ4v) is 23.8. The molecule has 9 aliphatic heterocycles. The first-order valence-corrected chi connectivity index (χ1v) is 31.0. The van der Waals surface area contributed by atoms with E-state index < -0.39 is 16.4 Å². The van der Waals surface area contributed by atoms with Crippen molar-refractivity contribution in [1.29, 1.82) is 0 Å². The van der Waals surface area contributed by atoms with Crippen LogP contribution in [-0.2, 0) is 26.3 Å². The summed E-state index contributed by atoms with van der Waals surface area (Å²) in [6.07, 6.45) is 36.8. The molecule has 1 aromatic carbocycles. The van der Waals surface area contributed by atoms with Gasteiger partial charge in [0.2, 0.25) is 0 Å². The zero-order valence-corrected chi connectivity index (χ0v) is 44.3. The molecule has 0 aromatic heterocycles. The number of aryl methyl sites for hydroxylation is 1. The molecule has 19 rings (SSSR count). The molecular weight excluding hydrogens is 903 g/mol. The maximum Gasteiger partial charge on any atom is 0.339 e. The number of fused-ring (bicyclic) bond motifs is 4. The summed E-state index contributed by atoms with van der Waals surface area (Å²) in [7, 11) is 0. The number of carbonyl (C=O) groups is 2. The van der Waals surface area contributed by atoms with Gasteiger partial charge in [-0.1, -0.05) is 93.4 Å². The lowest BCUT2D eigenvalue weighted by molar-refractivity contribution is -0.282. The summed E-state index contributed by atoms with van der Waals surface area (Å²) in [6, 6.07) is 7.21. The van der Waals surface area contributed by atoms with Crippen molar-refractivity contribution in [3.8, 4) is 0 Å². The molecule has 3 saturated heterocycles. The fourth-order valence-electron chi connectivity index (χ4n) is 23.8.